The molecule has 39 heavy (non-hydrogen) atoms. The van der Waals surface area contributed by atoms with Gasteiger partial charge in [0.15, 0.2) is 18.7 Å². The van der Waals surface area contributed by atoms with Gasteiger partial charge in [0.25, 0.3) is 0 Å². The van der Waals surface area contributed by atoms with Crippen molar-refractivity contribution in [1.82, 2.24) is 0 Å². The molecule has 11 heteroatoms. The van der Waals surface area contributed by atoms with Crippen molar-refractivity contribution in [2.75, 3.05) is 13.2 Å². The largest absolute Gasteiger partial charge is 0.465 e. The standard InChI is InChI=1S/C28H42O11/c1-13(2)24(33)39-23-18(31)10-19-26(6,20-8-17-9-22(32)38-25(17)37-20)14(3)7-21(36-16(5)30)27(19,11-34-15(4)29)28(23)12-35-28/h13-14,17-23,25,31-32H,7-12H2,1-6H3/t14-,17+,18-,19-,20-,21+,22+,23+,25-,26+,27+,28-/m1/s1. The predicted molar refractivity (Wildman–Crippen MR) is 132 cm³/mol. The van der Waals surface area contributed by atoms with Crippen LogP contribution in [-0.2, 0) is 42.8 Å². The lowest BCUT2D eigenvalue weighted by atomic mass is 9.41. The van der Waals surface area contributed by atoms with Gasteiger partial charge in [-0.15, -0.1) is 0 Å². The molecule has 2 aliphatic carbocycles. The maximum Gasteiger partial charge on any atom is 0.308 e. The normalized spacial score (nSPS) is 48.4. The van der Waals surface area contributed by atoms with Gasteiger partial charge in [-0.1, -0.05) is 27.7 Å². The molecule has 3 aliphatic heterocycles. The van der Waals surface area contributed by atoms with Crippen LogP contribution in [0.3, 0.4) is 0 Å². The van der Waals surface area contributed by atoms with Gasteiger partial charge < -0.3 is 38.6 Å². The number of epoxide rings is 1. The Bertz CT molecular complexity index is 980. The molecular formula is C28H42O11. The number of fused-ring (bicyclic) bond motifs is 3. The van der Waals surface area contributed by atoms with Gasteiger partial charge in [-0.05, 0) is 31.1 Å². The Morgan fingerprint density at radius 2 is 1.69 bits per heavy atom. The van der Waals surface area contributed by atoms with Crippen LogP contribution in [0, 0.1) is 34.5 Å². The summed E-state index contributed by atoms with van der Waals surface area (Å²) in [4.78, 5) is 37.4. The third kappa shape index (κ3) is 4.39. The van der Waals surface area contributed by atoms with Crippen LogP contribution in [0.2, 0.25) is 0 Å². The second-order valence-electron chi connectivity index (χ2n) is 12.8. The Labute approximate surface area is 228 Å². The third-order valence-electron chi connectivity index (χ3n) is 10.3. The molecule has 11 nitrogen and oxygen atoms in total. The van der Waals surface area contributed by atoms with Gasteiger partial charge in [0, 0.05) is 31.6 Å². The average molecular weight is 555 g/mol. The van der Waals surface area contributed by atoms with E-state index in [-0.39, 0.29) is 37.6 Å². The van der Waals surface area contributed by atoms with Gasteiger partial charge in [0.2, 0.25) is 0 Å². The highest BCUT2D eigenvalue weighted by Crippen LogP contribution is 2.70. The van der Waals surface area contributed by atoms with Crippen molar-refractivity contribution in [2.24, 2.45) is 34.5 Å². The maximum absolute atomic E-state index is 12.8. The van der Waals surface area contributed by atoms with E-state index in [1.807, 2.05) is 0 Å². The monoisotopic (exact) mass is 554 g/mol. The lowest BCUT2D eigenvalue weighted by Gasteiger charge is -2.65. The van der Waals surface area contributed by atoms with E-state index in [9.17, 15) is 24.6 Å². The van der Waals surface area contributed by atoms with E-state index in [0.29, 0.717) is 19.3 Å². The van der Waals surface area contributed by atoms with Gasteiger partial charge in [-0.3, -0.25) is 14.4 Å². The van der Waals surface area contributed by atoms with Crippen LogP contribution in [0.25, 0.3) is 0 Å². The molecule has 0 unspecified atom stereocenters. The first-order valence-electron chi connectivity index (χ1n) is 14.1. The topological polar surface area (TPSA) is 150 Å². The molecule has 0 aromatic rings. The van der Waals surface area contributed by atoms with Gasteiger partial charge in [-0.2, -0.15) is 0 Å². The van der Waals surface area contributed by atoms with E-state index in [1.165, 1.54) is 13.8 Å². The van der Waals surface area contributed by atoms with E-state index in [2.05, 4.69) is 13.8 Å². The molecule has 0 radical (unpaired) electrons. The third-order valence-corrected chi connectivity index (χ3v) is 10.3. The Hall–Kier alpha value is -1.79. The van der Waals surface area contributed by atoms with E-state index in [1.54, 1.807) is 13.8 Å². The fourth-order valence-electron chi connectivity index (χ4n) is 8.19. The molecule has 12 atom stereocenters. The van der Waals surface area contributed by atoms with Crippen molar-refractivity contribution in [3.63, 3.8) is 0 Å². The first-order valence-corrected chi connectivity index (χ1v) is 14.1. The molecule has 220 valence electrons. The second-order valence-corrected chi connectivity index (χ2v) is 12.8. The second kappa shape index (κ2) is 9.94. The van der Waals surface area contributed by atoms with E-state index in [0.717, 1.165) is 0 Å². The molecule has 3 heterocycles. The predicted octanol–water partition coefficient (Wildman–Crippen LogP) is 1.70. The van der Waals surface area contributed by atoms with Crippen LogP contribution in [0.5, 0.6) is 0 Å². The molecule has 0 aromatic carbocycles. The molecule has 2 N–H and O–H groups in total. The molecular weight excluding hydrogens is 512 g/mol. The van der Waals surface area contributed by atoms with Gasteiger partial charge in [-0.25, -0.2) is 0 Å². The van der Waals surface area contributed by atoms with E-state index >= 15 is 0 Å². The first-order chi connectivity index (χ1) is 18.3. The Morgan fingerprint density at radius 1 is 1.00 bits per heavy atom. The minimum absolute atomic E-state index is 0.0301. The number of rotatable bonds is 6. The van der Waals surface area contributed by atoms with Crippen molar-refractivity contribution < 1.29 is 53.0 Å². The molecule has 5 fully saturated rings. The maximum atomic E-state index is 12.8. The minimum Gasteiger partial charge on any atom is -0.465 e. The molecule has 5 aliphatic rings. The summed E-state index contributed by atoms with van der Waals surface area (Å²) >= 11 is 0. The molecule has 3 saturated heterocycles. The van der Waals surface area contributed by atoms with Crippen molar-refractivity contribution in [3.8, 4) is 0 Å². The number of esters is 3. The summed E-state index contributed by atoms with van der Waals surface area (Å²) in [6.45, 7) is 10.3. The van der Waals surface area contributed by atoms with Crippen LogP contribution in [0.1, 0.15) is 67.2 Å². The first kappa shape index (κ1) is 28.7. The number of hydrogen-bond donors (Lipinski definition) is 2. The number of aliphatic hydroxyl groups excluding tert-OH is 2. The quantitative estimate of drug-likeness (QED) is 0.280. The summed E-state index contributed by atoms with van der Waals surface area (Å²) in [7, 11) is 0. The van der Waals surface area contributed by atoms with Crippen molar-refractivity contribution >= 4 is 17.9 Å². The van der Waals surface area contributed by atoms with Crippen molar-refractivity contribution in [3.05, 3.63) is 0 Å². The average Bonchev–Trinajstić information content (AvgIpc) is 3.41. The highest BCUT2D eigenvalue weighted by Gasteiger charge is 2.81. The molecule has 5 rings (SSSR count). The number of ether oxygens (including phenoxy) is 6. The number of hydrogen-bond acceptors (Lipinski definition) is 11. The number of aliphatic hydroxyl groups is 2. The van der Waals surface area contributed by atoms with Crippen LogP contribution >= 0.6 is 0 Å². The molecule has 0 bridgehead atoms. The Kier molecular flexibility index (Phi) is 7.32. The fraction of sp³-hybridized carbons (Fsp3) is 0.893. The van der Waals surface area contributed by atoms with Crippen LogP contribution in [0.15, 0.2) is 0 Å². The van der Waals surface area contributed by atoms with Crippen LogP contribution in [0.4, 0.5) is 0 Å². The zero-order valence-electron chi connectivity index (χ0n) is 23.6. The SMILES string of the molecule is CC(=O)OC[C@@]12[C@@H](OC(C)=O)C[C@@H](C)[C@](C)([C@H]3C[C@H]4C[C@@H](O)O[C@H]4O3)[C@H]1C[C@@H](O)[C@H](OC(=O)C(C)C)[C@]21CO1. The highest BCUT2D eigenvalue weighted by atomic mass is 16.7. The Balaban J connectivity index is 1.62. The smallest absolute Gasteiger partial charge is 0.308 e. The summed E-state index contributed by atoms with van der Waals surface area (Å²) in [5.74, 6) is -2.31. The molecule has 1 spiro atoms. The van der Waals surface area contributed by atoms with Gasteiger partial charge in [0.05, 0.1) is 30.1 Å². The van der Waals surface area contributed by atoms with Crippen LogP contribution < -0.4 is 0 Å². The zero-order valence-corrected chi connectivity index (χ0v) is 23.6. The van der Waals surface area contributed by atoms with E-state index in [4.69, 9.17) is 28.4 Å². The highest BCUT2D eigenvalue weighted by molar-refractivity contribution is 5.72. The molecule has 0 aromatic heterocycles. The van der Waals surface area contributed by atoms with Crippen LogP contribution in [-0.4, -0.2) is 83.9 Å². The minimum atomic E-state index is -1.22. The summed E-state index contributed by atoms with van der Waals surface area (Å²) < 4.78 is 35.8. The van der Waals surface area contributed by atoms with E-state index < -0.39 is 77.1 Å². The van der Waals surface area contributed by atoms with Crippen molar-refractivity contribution in [1.29, 1.82) is 0 Å². The lowest BCUT2D eigenvalue weighted by molar-refractivity contribution is -0.288. The number of carbonyl (C=O) groups is 3. The molecule has 2 saturated carbocycles. The van der Waals surface area contributed by atoms with Crippen molar-refractivity contribution in [2.45, 2.75) is 110 Å². The Morgan fingerprint density at radius 3 is 2.26 bits per heavy atom. The summed E-state index contributed by atoms with van der Waals surface area (Å²) in [5, 5.41) is 21.5. The lowest BCUT2D eigenvalue weighted by Crippen LogP contribution is -2.74. The van der Waals surface area contributed by atoms with Gasteiger partial charge in [0.1, 0.15) is 18.3 Å². The summed E-state index contributed by atoms with van der Waals surface area (Å²) in [6.07, 6.45) is -2.75. The zero-order chi connectivity index (χ0) is 28.5. The fourth-order valence-corrected chi connectivity index (χ4v) is 8.19. The molecule has 0 amide bonds. The summed E-state index contributed by atoms with van der Waals surface area (Å²) in [6, 6.07) is 0. The van der Waals surface area contributed by atoms with Gasteiger partial charge >= 0.3 is 17.9 Å². The summed E-state index contributed by atoms with van der Waals surface area (Å²) in [5.41, 5.74) is -2.94. The number of carbonyl (C=O) groups excluding carboxylic acids is 3.